The van der Waals surface area contributed by atoms with Gasteiger partial charge in [-0.05, 0) is 29.7 Å². The van der Waals surface area contributed by atoms with Crippen LogP contribution >= 0.6 is 0 Å². The van der Waals surface area contributed by atoms with Crippen LogP contribution in [0.5, 0.6) is 0 Å². The molecular formula is C19H20FN3O2. The largest absolute Gasteiger partial charge is 0.326 e. The quantitative estimate of drug-likeness (QED) is 0.886. The van der Waals surface area contributed by atoms with Crippen LogP contribution in [0.25, 0.3) is 0 Å². The van der Waals surface area contributed by atoms with Crippen molar-refractivity contribution >= 4 is 23.3 Å². The number of nitrogens with zero attached hydrogens (tertiary/aromatic N) is 1. The zero-order valence-electron chi connectivity index (χ0n) is 14.1. The Morgan fingerprint density at radius 1 is 1.12 bits per heavy atom. The number of amides is 3. The lowest BCUT2D eigenvalue weighted by Gasteiger charge is -2.46. The van der Waals surface area contributed by atoms with E-state index in [-0.39, 0.29) is 23.7 Å². The Bertz CT molecular complexity index is 795. The van der Waals surface area contributed by atoms with E-state index in [2.05, 4.69) is 17.6 Å². The second-order valence-corrected chi connectivity index (χ2v) is 6.29. The van der Waals surface area contributed by atoms with Gasteiger partial charge in [0.05, 0.1) is 11.7 Å². The Labute approximate surface area is 145 Å². The minimum atomic E-state index is -0.549. The van der Waals surface area contributed by atoms with E-state index in [1.54, 1.807) is 4.90 Å². The van der Waals surface area contributed by atoms with Crippen LogP contribution in [-0.4, -0.2) is 23.4 Å². The second-order valence-electron chi connectivity index (χ2n) is 6.29. The van der Waals surface area contributed by atoms with Crippen molar-refractivity contribution in [3.05, 3.63) is 59.9 Å². The van der Waals surface area contributed by atoms with Crippen molar-refractivity contribution in [1.82, 2.24) is 4.90 Å². The molecule has 1 aliphatic rings. The normalized spacial score (nSPS) is 19.1. The van der Waals surface area contributed by atoms with Gasteiger partial charge in [-0.1, -0.05) is 37.3 Å². The van der Waals surface area contributed by atoms with Crippen molar-refractivity contribution in [3.8, 4) is 0 Å². The molecule has 5 nitrogen and oxygen atoms in total. The molecule has 3 rings (SSSR count). The summed E-state index contributed by atoms with van der Waals surface area (Å²) in [4.78, 5) is 25.4. The van der Waals surface area contributed by atoms with Crippen LogP contribution in [0, 0.1) is 11.7 Å². The standard InChI is InChI=1S/C19H20FN3O2/c1-12-11-23(18(12)14-6-4-3-5-7-14)19(25)22-17-10-15(21-13(2)24)8-9-16(17)20/h3-10,12,18H,11H2,1-2H3,(H,21,24)(H,22,25)/t12-,18-/m0/s1. The van der Waals surface area contributed by atoms with E-state index < -0.39 is 5.82 Å². The number of carbonyl (C=O) groups is 2. The summed E-state index contributed by atoms with van der Waals surface area (Å²) in [7, 11) is 0. The fourth-order valence-corrected chi connectivity index (χ4v) is 3.15. The predicted octanol–water partition coefficient (Wildman–Crippen LogP) is 4.01. The van der Waals surface area contributed by atoms with Gasteiger partial charge in [-0.25, -0.2) is 9.18 Å². The molecule has 2 aromatic rings. The third-order valence-electron chi connectivity index (χ3n) is 4.29. The molecular weight excluding hydrogens is 321 g/mol. The van der Waals surface area contributed by atoms with Gasteiger partial charge in [0.25, 0.3) is 0 Å². The van der Waals surface area contributed by atoms with Crippen LogP contribution in [0.1, 0.15) is 25.5 Å². The SMILES string of the molecule is CC(=O)Nc1ccc(F)c(NC(=O)N2C[C@H](C)[C@H]2c2ccccc2)c1. The van der Waals surface area contributed by atoms with Gasteiger partial charge in [-0.2, -0.15) is 0 Å². The first-order valence-corrected chi connectivity index (χ1v) is 8.15. The third kappa shape index (κ3) is 3.63. The summed E-state index contributed by atoms with van der Waals surface area (Å²) in [6.07, 6.45) is 0. The van der Waals surface area contributed by atoms with E-state index >= 15 is 0 Å². The number of anilines is 2. The second kappa shape index (κ2) is 6.93. The van der Waals surface area contributed by atoms with Gasteiger partial charge in [0.15, 0.2) is 0 Å². The molecule has 2 N–H and O–H groups in total. The average Bonchev–Trinajstić information content (AvgIpc) is 2.56. The highest BCUT2D eigenvalue weighted by molar-refractivity contribution is 5.93. The Hall–Kier alpha value is -2.89. The predicted molar refractivity (Wildman–Crippen MR) is 94.8 cm³/mol. The van der Waals surface area contributed by atoms with Gasteiger partial charge in [0, 0.05) is 19.2 Å². The molecule has 1 heterocycles. The highest BCUT2D eigenvalue weighted by Crippen LogP contribution is 2.38. The van der Waals surface area contributed by atoms with Crippen molar-refractivity contribution in [2.45, 2.75) is 19.9 Å². The van der Waals surface area contributed by atoms with Crippen LogP contribution in [0.2, 0.25) is 0 Å². The number of rotatable bonds is 3. The molecule has 0 radical (unpaired) electrons. The van der Waals surface area contributed by atoms with E-state index in [9.17, 15) is 14.0 Å². The number of carbonyl (C=O) groups excluding carboxylic acids is 2. The Balaban J connectivity index is 1.75. The molecule has 25 heavy (non-hydrogen) atoms. The number of nitrogens with one attached hydrogen (secondary N) is 2. The number of benzene rings is 2. The maximum absolute atomic E-state index is 14.0. The van der Waals surface area contributed by atoms with Crippen molar-refractivity contribution < 1.29 is 14.0 Å². The molecule has 2 atom stereocenters. The molecule has 2 aromatic carbocycles. The molecule has 0 spiro atoms. The highest BCUT2D eigenvalue weighted by Gasteiger charge is 2.40. The number of hydrogen-bond acceptors (Lipinski definition) is 2. The van der Waals surface area contributed by atoms with E-state index in [1.807, 2.05) is 30.3 Å². The molecule has 1 aliphatic heterocycles. The van der Waals surface area contributed by atoms with Gasteiger partial charge in [-0.15, -0.1) is 0 Å². The van der Waals surface area contributed by atoms with E-state index in [4.69, 9.17) is 0 Å². The molecule has 3 amide bonds. The smallest absolute Gasteiger partial charge is 0.322 e. The number of halogens is 1. The first kappa shape index (κ1) is 17.0. The average molecular weight is 341 g/mol. The molecule has 130 valence electrons. The molecule has 0 aliphatic carbocycles. The van der Waals surface area contributed by atoms with Gasteiger partial charge in [0.1, 0.15) is 5.82 Å². The first-order valence-electron chi connectivity index (χ1n) is 8.15. The summed E-state index contributed by atoms with van der Waals surface area (Å²) in [5.41, 5.74) is 1.53. The topological polar surface area (TPSA) is 61.4 Å². The number of hydrogen-bond donors (Lipinski definition) is 2. The minimum Gasteiger partial charge on any atom is -0.326 e. The summed E-state index contributed by atoms with van der Waals surface area (Å²) in [5.74, 6) is -0.472. The van der Waals surface area contributed by atoms with Gasteiger partial charge in [0.2, 0.25) is 5.91 Å². The van der Waals surface area contributed by atoms with Gasteiger partial charge in [-0.3, -0.25) is 4.79 Å². The highest BCUT2D eigenvalue weighted by atomic mass is 19.1. The Kier molecular flexibility index (Phi) is 4.70. The van der Waals surface area contributed by atoms with Crippen LogP contribution in [0.4, 0.5) is 20.6 Å². The van der Waals surface area contributed by atoms with Crippen molar-refractivity contribution in [2.24, 2.45) is 5.92 Å². The van der Waals surface area contributed by atoms with Gasteiger partial charge < -0.3 is 15.5 Å². The molecule has 1 fully saturated rings. The monoisotopic (exact) mass is 341 g/mol. The lowest BCUT2D eigenvalue weighted by molar-refractivity contribution is -0.114. The maximum Gasteiger partial charge on any atom is 0.322 e. The summed E-state index contributed by atoms with van der Waals surface area (Å²) in [6, 6.07) is 13.5. The zero-order chi connectivity index (χ0) is 18.0. The fraction of sp³-hybridized carbons (Fsp3) is 0.263. The summed E-state index contributed by atoms with van der Waals surface area (Å²) < 4.78 is 14.0. The minimum absolute atomic E-state index is 0.0252. The summed E-state index contributed by atoms with van der Waals surface area (Å²) in [6.45, 7) is 4.06. The molecule has 0 unspecified atom stereocenters. The van der Waals surface area contributed by atoms with Crippen molar-refractivity contribution in [3.63, 3.8) is 0 Å². The lowest BCUT2D eigenvalue weighted by Crippen LogP contribution is -2.53. The molecule has 1 saturated heterocycles. The first-order chi connectivity index (χ1) is 12.0. The van der Waals surface area contributed by atoms with Crippen LogP contribution in [0.15, 0.2) is 48.5 Å². The fourth-order valence-electron chi connectivity index (χ4n) is 3.15. The van der Waals surface area contributed by atoms with Crippen LogP contribution in [0.3, 0.4) is 0 Å². The lowest BCUT2D eigenvalue weighted by atomic mass is 9.85. The number of urea groups is 1. The van der Waals surface area contributed by atoms with Gasteiger partial charge >= 0.3 is 6.03 Å². The van der Waals surface area contributed by atoms with E-state index in [0.29, 0.717) is 18.2 Å². The maximum atomic E-state index is 14.0. The van der Waals surface area contributed by atoms with Crippen LogP contribution in [-0.2, 0) is 4.79 Å². The summed E-state index contributed by atoms with van der Waals surface area (Å²) >= 11 is 0. The summed E-state index contributed by atoms with van der Waals surface area (Å²) in [5, 5.41) is 5.18. The molecule has 0 saturated carbocycles. The Morgan fingerprint density at radius 3 is 2.48 bits per heavy atom. The molecule has 6 heteroatoms. The van der Waals surface area contributed by atoms with E-state index in [0.717, 1.165) is 5.56 Å². The third-order valence-corrected chi connectivity index (χ3v) is 4.29. The number of likely N-dealkylation sites (tertiary alicyclic amines) is 1. The van der Waals surface area contributed by atoms with Crippen molar-refractivity contribution in [1.29, 1.82) is 0 Å². The molecule has 0 aromatic heterocycles. The Morgan fingerprint density at radius 2 is 1.84 bits per heavy atom. The van der Waals surface area contributed by atoms with Crippen molar-refractivity contribution in [2.75, 3.05) is 17.2 Å². The molecule has 0 bridgehead atoms. The van der Waals surface area contributed by atoms with E-state index in [1.165, 1.54) is 25.1 Å². The zero-order valence-corrected chi connectivity index (χ0v) is 14.1. The van der Waals surface area contributed by atoms with Crippen LogP contribution < -0.4 is 10.6 Å².